The molecule has 0 aliphatic heterocycles. The van der Waals surface area contributed by atoms with E-state index in [0.29, 0.717) is 7.11 Å². The average Bonchev–Trinajstić information content (AvgIpc) is 2.14. The van der Waals surface area contributed by atoms with Crippen LogP contribution in [0.4, 0.5) is 39.5 Å². The van der Waals surface area contributed by atoms with E-state index in [-0.39, 0.29) is 0 Å². The van der Waals surface area contributed by atoms with E-state index in [1.807, 2.05) is 0 Å². The molecule has 0 saturated carbocycles. The molecule has 0 aliphatic rings. The molecule has 17 heavy (non-hydrogen) atoms. The van der Waals surface area contributed by atoms with Crippen LogP contribution in [-0.4, -0.2) is 25.1 Å². The first-order valence-electron chi connectivity index (χ1n) is 3.48. The summed E-state index contributed by atoms with van der Waals surface area (Å²) < 4.78 is 108. The maximum Gasteiger partial charge on any atom is 0.460 e. The lowest BCUT2D eigenvalue weighted by Crippen LogP contribution is -2.52. The minimum atomic E-state index is -6.81. The normalized spacial score (nSPS) is 15.6. The maximum absolute atomic E-state index is 12.4. The first-order valence-corrected chi connectivity index (χ1v) is 3.48. The predicted molar refractivity (Wildman–Crippen MR) is 33.3 cm³/mol. The van der Waals surface area contributed by atoms with Gasteiger partial charge in [0, 0.05) is 0 Å². The van der Waals surface area contributed by atoms with Gasteiger partial charge >= 0.3 is 24.0 Å². The lowest BCUT2D eigenvalue weighted by Gasteiger charge is -2.26. The largest absolute Gasteiger partial charge is 0.460 e. The predicted octanol–water partition coefficient (Wildman–Crippen LogP) is 3.51. The molecule has 11 heteroatoms. The summed E-state index contributed by atoms with van der Waals surface area (Å²) >= 11 is 0. The summed E-state index contributed by atoms with van der Waals surface area (Å²) in [7, 11) is 0.479. The molecular formula is C6H3F9O2. The lowest BCUT2D eigenvalue weighted by atomic mass is 10.1. The van der Waals surface area contributed by atoms with Crippen LogP contribution < -0.4 is 0 Å². The van der Waals surface area contributed by atoms with Gasteiger partial charge in [0.15, 0.2) is 0 Å². The summed E-state index contributed by atoms with van der Waals surface area (Å²) in [5.74, 6) is -17.0. The van der Waals surface area contributed by atoms with Crippen LogP contribution >= 0.6 is 0 Å². The van der Waals surface area contributed by atoms with Crippen molar-refractivity contribution in [3.63, 3.8) is 0 Å². The van der Waals surface area contributed by atoms with Gasteiger partial charge < -0.3 is 4.89 Å². The molecule has 0 N–H and O–H groups in total. The van der Waals surface area contributed by atoms with Gasteiger partial charge in [-0.25, -0.2) is 0 Å². The molecule has 102 valence electrons. The van der Waals surface area contributed by atoms with Crippen LogP contribution in [-0.2, 0) is 9.78 Å². The third-order valence-electron chi connectivity index (χ3n) is 1.36. The van der Waals surface area contributed by atoms with Gasteiger partial charge in [-0.3, -0.25) is 0 Å². The molecule has 0 saturated heterocycles. The second-order valence-electron chi connectivity index (χ2n) is 2.48. The van der Waals surface area contributed by atoms with Crippen molar-refractivity contribution in [2.45, 2.75) is 18.0 Å². The van der Waals surface area contributed by atoms with Crippen molar-refractivity contribution in [1.82, 2.24) is 0 Å². The number of halogens is 9. The van der Waals surface area contributed by atoms with Gasteiger partial charge in [-0.1, -0.05) is 0 Å². The van der Waals surface area contributed by atoms with E-state index in [9.17, 15) is 39.5 Å². The fourth-order valence-corrected chi connectivity index (χ4v) is 0.549. The first-order chi connectivity index (χ1) is 7.39. The number of allylic oxidation sites excluding steroid dienone is 1. The Morgan fingerprint density at radius 1 is 0.882 bits per heavy atom. The molecule has 0 bridgehead atoms. The standard InChI is InChI=1S/C6H3F9O2/c1-16-17-3(8)2(7)4(9,10)5(11,12)6(13,14)15/h1H3. The van der Waals surface area contributed by atoms with Gasteiger partial charge in [0.25, 0.3) is 5.83 Å². The van der Waals surface area contributed by atoms with Crippen LogP contribution in [0, 0.1) is 0 Å². The van der Waals surface area contributed by atoms with E-state index in [2.05, 4.69) is 9.78 Å². The van der Waals surface area contributed by atoms with Gasteiger partial charge in [0.05, 0.1) is 7.11 Å². The average molecular weight is 278 g/mol. The molecule has 0 radical (unpaired) electrons. The van der Waals surface area contributed by atoms with Gasteiger partial charge in [-0.15, -0.1) is 0 Å². The smallest absolute Gasteiger partial charge is 0.303 e. The van der Waals surface area contributed by atoms with Gasteiger partial charge in [0.2, 0.25) is 0 Å². The van der Waals surface area contributed by atoms with Crippen LogP contribution in [0.2, 0.25) is 0 Å². The van der Waals surface area contributed by atoms with Crippen LogP contribution in [0.15, 0.2) is 11.8 Å². The second kappa shape index (κ2) is 4.63. The Morgan fingerprint density at radius 2 is 1.29 bits per heavy atom. The molecule has 2 nitrogen and oxygen atoms in total. The van der Waals surface area contributed by atoms with Crippen molar-refractivity contribution < 1.29 is 49.3 Å². The summed E-state index contributed by atoms with van der Waals surface area (Å²) in [5.41, 5.74) is 0. The minimum absolute atomic E-state index is 0.479. The Balaban J connectivity index is 5.49. The van der Waals surface area contributed by atoms with E-state index in [4.69, 9.17) is 0 Å². The fraction of sp³-hybridized carbons (Fsp3) is 0.667. The number of alkyl halides is 7. The van der Waals surface area contributed by atoms with Crippen LogP contribution in [0.5, 0.6) is 0 Å². The summed E-state index contributed by atoms with van der Waals surface area (Å²) in [6.45, 7) is 0. The number of rotatable bonds is 4. The number of hydrogen-bond donors (Lipinski definition) is 0. The Morgan fingerprint density at radius 3 is 1.59 bits per heavy atom. The third kappa shape index (κ3) is 2.76. The number of hydrogen-bond acceptors (Lipinski definition) is 2. The van der Waals surface area contributed by atoms with Gasteiger partial charge in [-0.2, -0.15) is 44.4 Å². The Hall–Kier alpha value is -1.13. The Kier molecular flexibility index (Phi) is 4.32. The quantitative estimate of drug-likeness (QED) is 0.339. The highest BCUT2D eigenvalue weighted by Crippen LogP contribution is 2.50. The summed E-state index contributed by atoms with van der Waals surface area (Å²) in [6.07, 6.45) is -6.78. The van der Waals surface area contributed by atoms with E-state index in [0.717, 1.165) is 0 Å². The maximum atomic E-state index is 12.4. The molecule has 0 rings (SSSR count). The summed E-state index contributed by atoms with van der Waals surface area (Å²) in [5, 5.41) is 0. The zero-order valence-corrected chi connectivity index (χ0v) is 7.72. The lowest BCUT2D eigenvalue weighted by molar-refractivity contribution is -0.350. The minimum Gasteiger partial charge on any atom is -0.303 e. The molecular weight excluding hydrogens is 275 g/mol. The van der Waals surface area contributed by atoms with Crippen molar-refractivity contribution in [2.75, 3.05) is 7.11 Å². The van der Waals surface area contributed by atoms with Crippen LogP contribution in [0.25, 0.3) is 0 Å². The monoisotopic (exact) mass is 278 g/mol. The summed E-state index contributed by atoms with van der Waals surface area (Å²) in [6, 6.07) is -3.04. The Labute approximate surface area is 87.5 Å². The fourth-order valence-electron chi connectivity index (χ4n) is 0.549. The molecule has 0 aromatic heterocycles. The molecule has 0 unspecified atom stereocenters. The van der Waals surface area contributed by atoms with Crippen LogP contribution in [0.1, 0.15) is 0 Å². The molecule has 0 amide bonds. The molecule has 0 spiro atoms. The van der Waals surface area contributed by atoms with E-state index < -0.39 is 29.9 Å². The highest BCUT2D eigenvalue weighted by Gasteiger charge is 2.76. The van der Waals surface area contributed by atoms with Crippen molar-refractivity contribution in [3.05, 3.63) is 11.8 Å². The van der Waals surface area contributed by atoms with Crippen molar-refractivity contribution in [2.24, 2.45) is 0 Å². The third-order valence-corrected chi connectivity index (χ3v) is 1.36. The molecule has 0 atom stereocenters. The van der Waals surface area contributed by atoms with Gasteiger partial charge in [0.1, 0.15) is 0 Å². The van der Waals surface area contributed by atoms with Gasteiger partial charge in [-0.05, 0) is 0 Å². The highest BCUT2D eigenvalue weighted by atomic mass is 19.4. The van der Waals surface area contributed by atoms with Crippen molar-refractivity contribution in [3.8, 4) is 0 Å². The zero-order valence-electron chi connectivity index (χ0n) is 7.72. The van der Waals surface area contributed by atoms with Crippen molar-refractivity contribution in [1.29, 1.82) is 0 Å². The SMILES string of the molecule is COOC(F)=C(F)C(F)(F)C(F)(F)C(F)(F)F. The van der Waals surface area contributed by atoms with Crippen LogP contribution in [0.3, 0.4) is 0 Å². The summed E-state index contributed by atoms with van der Waals surface area (Å²) in [4.78, 5) is 6.24. The Bertz CT molecular complexity index is 305. The van der Waals surface area contributed by atoms with Crippen molar-refractivity contribution >= 4 is 0 Å². The molecule has 0 aliphatic carbocycles. The second-order valence-corrected chi connectivity index (χ2v) is 2.48. The van der Waals surface area contributed by atoms with E-state index >= 15 is 0 Å². The molecule has 0 aromatic carbocycles. The molecule has 0 heterocycles. The van der Waals surface area contributed by atoms with E-state index in [1.165, 1.54) is 0 Å². The first kappa shape index (κ1) is 15.9. The molecule has 0 fully saturated rings. The highest BCUT2D eigenvalue weighted by molar-refractivity contribution is 5.13. The molecule has 0 aromatic rings. The van der Waals surface area contributed by atoms with E-state index in [1.54, 1.807) is 0 Å². The topological polar surface area (TPSA) is 18.5 Å². The zero-order chi connectivity index (χ0) is 14.1.